The summed E-state index contributed by atoms with van der Waals surface area (Å²) in [6, 6.07) is 6.87. The monoisotopic (exact) mass is 417 g/mol. The molecule has 3 aromatic heterocycles. The van der Waals surface area contributed by atoms with Crippen LogP contribution in [-0.2, 0) is 6.54 Å². The van der Waals surface area contributed by atoms with Crippen LogP contribution in [0.5, 0.6) is 5.75 Å². The van der Waals surface area contributed by atoms with E-state index in [1.54, 1.807) is 19.2 Å². The van der Waals surface area contributed by atoms with Crippen molar-refractivity contribution in [3.05, 3.63) is 57.6 Å². The molecule has 12 heteroatoms. The molecule has 4 rings (SSSR count). The lowest BCUT2D eigenvalue weighted by Crippen LogP contribution is -2.07. The number of hydrogen-bond donors (Lipinski definition) is 1. The first kappa shape index (κ1) is 18.1. The van der Waals surface area contributed by atoms with Gasteiger partial charge in [-0.1, -0.05) is 17.7 Å². The van der Waals surface area contributed by atoms with Crippen molar-refractivity contribution in [1.29, 1.82) is 0 Å². The number of halogens is 1. The number of anilines is 1. The Hall–Kier alpha value is -3.31. The fourth-order valence-corrected chi connectivity index (χ4v) is 3.66. The minimum absolute atomic E-state index is 0.0180. The van der Waals surface area contributed by atoms with Gasteiger partial charge < -0.3 is 10.1 Å². The highest BCUT2D eigenvalue weighted by Crippen LogP contribution is 2.34. The largest absolute Gasteiger partial charge is 0.495 e. The van der Waals surface area contributed by atoms with Crippen molar-refractivity contribution < 1.29 is 9.66 Å². The summed E-state index contributed by atoms with van der Waals surface area (Å²) >= 11 is 7.14. The number of fused-ring (bicyclic) bond motifs is 1. The normalized spacial score (nSPS) is 10.9. The summed E-state index contributed by atoms with van der Waals surface area (Å²) in [6.45, 7) is 0.399. The Morgan fingerprint density at radius 1 is 1.36 bits per heavy atom. The summed E-state index contributed by atoms with van der Waals surface area (Å²) in [5.41, 5.74) is 0.893. The summed E-state index contributed by atoms with van der Waals surface area (Å²) in [4.78, 5) is 23.9. The maximum atomic E-state index is 11.2. The molecule has 0 spiro atoms. The molecule has 0 radical (unpaired) electrons. The number of methoxy groups -OCH3 is 1. The number of nitrogens with one attached hydrogen (secondary N) is 1. The van der Waals surface area contributed by atoms with Crippen molar-refractivity contribution >= 4 is 44.0 Å². The van der Waals surface area contributed by atoms with Gasteiger partial charge in [-0.3, -0.25) is 10.1 Å². The van der Waals surface area contributed by atoms with Gasteiger partial charge in [0.05, 0.1) is 22.4 Å². The average Bonchev–Trinajstić information content (AvgIpc) is 3.35. The van der Waals surface area contributed by atoms with Crippen LogP contribution in [0.1, 0.15) is 5.56 Å². The lowest BCUT2D eigenvalue weighted by molar-refractivity contribution is -0.380. The molecule has 3 heterocycles. The highest BCUT2D eigenvalue weighted by Gasteiger charge is 2.18. The number of nitro groups is 1. The van der Waals surface area contributed by atoms with Crippen molar-refractivity contribution in [1.82, 2.24) is 24.7 Å². The summed E-state index contributed by atoms with van der Waals surface area (Å²) in [5, 5.41) is 19.4. The summed E-state index contributed by atoms with van der Waals surface area (Å²) < 4.78 is 6.54. The molecule has 0 atom stereocenters. The zero-order valence-electron chi connectivity index (χ0n) is 14.4. The van der Waals surface area contributed by atoms with Crippen LogP contribution in [0.3, 0.4) is 0 Å². The van der Waals surface area contributed by atoms with Crippen LogP contribution >= 0.6 is 22.9 Å². The van der Waals surface area contributed by atoms with E-state index in [4.69, 9.17) is 16.3 Å². The molecule has 142 valence electrons. The second kappa shape index (κ2) is 7.37. The van der Waals surface area contributed by atoms with E-state index < -0.39 is 4.92 Å². The van der Waals surface area contributed by atoms with E-state index in [1.807, 2.05) is 6.07 Å². The molecule has 0 aliphatic rings. The first-order valence-electron chi connectivity index (χ1n) is 7.92. The van der Waals surface area contributed by atoms with E-state index >= 15 is 0 Å². The van der Waals surface area contributed by atoms with Gasteiger partial charge in [0, 0.05) is 12.6 Å². The molecule has 28 heavy (non-hydrogen) atoms. The van der Waals surface area contributed by atoms with Crippen LogP contribution in [0.2, 0.25) is 5.02 Å². The molecule has 0 amide bonds. The summed E-state index contributed by atoms with van der Waals surface area (Å²) in [7, 11) is 1.55. The second-order valence-electron chi connectivity index (χ2n) is 5.60. The maximum Gasteiger partial charge on any atom is 0.326 e. The molecule has 0 bridgehead atoms. The van der Waals surface area contributed by atoms with Crippen LogP contribution in [-0.4, -0.2) is 36.8 Å². The number of thiophene rings is 1. The Labute approximate surface area is 166 Å². The number of nitrogens with zero attached hydrogens (tertiary/aromatic N) is 6. The van der Waals surface area contributed by atoms with E-state index in [2.05, 4.69) is 25.4 Å². The molecule has 0 aliphatic carbocycles. The van der Waals surface area contributed by atoms with Crippen LogP contribution in [0.25, 0.3) is 16.2 Å². The zero-order chi connectivity index (χ0) is 19.7. The second-order valence-corrected chi connectivity index (χ2v) is 7.01. The van der Waals surface area contributed by atoms with E-state index in [9.17, 15) is 10.1 Å². The minimum atomic E-state index is -0.450. The zero-order valence-corrected chi connectivity index (χ0v) is 15.9. The quantitative estimate of drug-likeness (QED) is 0.374. The van der Waals surface area contributed by atoms with E-state index in [0.717, 1.165) is 16.9 Å². The molecule has 0 saturated heterocycles. The molecule has 0 aliphatic heterocycles. The van der Waals surface area contributed by atoms with Crippen molar-refractivity contribution in [3.8, 4) is 11.7 Å². The number of benzene rings is 1. The van der Waals surface area contributed by atoms with Gasteiger partial charge in [0.2, 0.25) is 0 Å². The molecule has 0 saturated carbocycles. The Balaban J connectivity index is 1.71. The SMILES string of the molecule is COc1ccc(CNc2nc(-n3cncn3)nc3sc([N+](=O)[O-])cc23)cc1Cl. The molecule has 4 aromatic rings. The predicted octanol–water partition coefficient (Wildman–Crippen LogP) is 3.45. The van der Waals surface area contributed by atoms with Gasteiger partial charge in [-0.2, -0.15) is 19.7 Å². The standard InChI is InChI=1S/C16H12ClN7O3S/c1-27-12-3-2-9(4-11(12)17)6-19-14-10-5-13(24(25)26)28-15(10)22-16(21-14)23-8-18-7-20-23/h2-5,7-8H,6H2,1H3,(H,19,21,22). The molecule has 0 fully saturated rings. The minimum Gasteiger partial charge on any atom is -0.495 e. The molecular weight excluding hydrogens is 406 g/mol. The number of rotatable bonds is 6. The third-order valence-electron chi connectivity index (χ3n) is 3.85. The van der Waals surface area contributed by atoms with Crippen LogP contribution in [0, 0.1) is 10.1 Å². The van der Waals surface area contributed by atoms with Gasteiger partial charge in [-0.15, -0.1) is 0 Å². The highest BCUT2D eigenvalue weighted by molar-refractivity contribution is 7.21. The van der Waals surface area contributed by atoms with Crippen LogP contribution in [0.4, 0.5) is 10.8 Å². The molecule has 10 nitrogen and oxygen atoms in total. The average molecular weight is 418 g/mol. The van der Waals surface area contributed by atoms with Crippen molar-refractivity contribution in [3.63, 3.8) is 0 Å². The molecule has 1 N–H and O–H groups in total. The Morgan fingerprint density at radius 3 is 2.89 bits per heavy atom. The number of hydrogen-bond acceptors (Lipinski definition) is 9. The van der Waals surface area contributed by atoms with Gasteiger partial charge in [0.25, 0.3) is 5.95 Å². The first-order chi connectivity index (χ1) is 13.5. The third-order valence-corrected chi connectivity index (χ3v) is 5.12. The first-order valence-corrected chi connectivity index (χ1v) is 9.12. The Bertz CT molecular complexity index is 1160. The van der Waals surface area contributed by atoms with Gasteiger partial charge in [0.15, 0.2) is 0 Å². The van der Waals surface area contributed by atoms with Gasteiger partial charge in [-0.25, -0.2) is 4.98 Å². The predicted molar refractivity (Wildman–Crippen MR) is 104 cm³/mol. The Morgan fingerprint density at radius 2 is 2.21 bits per heavy atom. The highest BCUT2D eigenvalue weighted by atomic mass is 35.5. The lowest BCUT2D eigenvalue weighted by atomic mass is 10.2. The van der Waals surface area contributed by atoms with E-state index in [-0.39, 0.29) is 10.9 Å². The summed E-state index contributed by atoms with van der Waals surface area (Å²) in [5.74, 6) is 1.29. The summed E-state index contributed by atoms with van der Waals surface area (Å²) in [6.07, 6.45) is 2.81. The topological polar surface area (TPSA) is 121 Å². The van der Waals surface area contributed by atoms with Gasteiger partial charge in [0.1, 0.15) is 29.1 Å². The number of ether oxygens (including phenoxy) is 1. The van der Waals surface area contributed by atoms with Gasteiger partial charge >= 0.3 is 5.00 Å². The lowest BCUT2D eigenvalue weighted by Gasteiger charge is -2.10. The van der Waals surface area contributed by atoms with E-state index in [1.165, 1.54) is 23.4 Å². The maximum absolute atomic E-state index is 11.2. The van der Waals surface area contributed by atoms with E-state index in [0.29, 0.717) is 33.4 Å². The molecule has 0 unspecified atom stereocenters. The number of aromatic nitrogens is 5. The van der Waals surface area contributed by atoms with Gasteiger partial charge in [-0.05, 0) is 29.0 Å². The van der Waals surface area contributed by atoms with Crippen LogP contribution in [0.15, 0.2) is 36.9 Å². The van der Waals surface area contributed by atoms with Crippen molar-refractivity contribution in [2.24, 2.45) is 0 Å². The fraction of sp³-hybridized carbons (Fsp3) is 0.125. The fourth-order valence-electron chi connectivity index (χ4n) is 2.54. The third kappa shape index (κ3) is 3.44. The molecule has 1 aromatic carbocycles. The smallest absolute Gasteiger partial charge is 0.326 e. The van der Waals surface area contributed by atoms with Crippen molar-refractivity contribution in [2.45, 2.75) is 6.54 Å². The van der Waals surface area contributed by atoms with Crippen molar-refractivity contribution in [2.75, 3.05) is 12.4 Å². The Kier molecular flexibility index (Phi) is 4.75. The molecular formula is C16H12ClN7O3S. The van der Waals surface area contributed by atoms with Crippen LogP contribution < -0.4 is 10.1 Å².